The molecule has 1 fully saturated rings. The van der Waals surface area contributed by atoms with Crippen LogP contribution in [0.4, 0.5) is 13.2 Å². The topological polar surface area (TPSA) is 20.3 Å². The highest BCUT2D eigenvalue weighted by Gasteiger charge is 2.30. The molecule has 0 spiro atoms. The third kappa shape index (κ3) is 7.93. The highest BCUT2D eigenvalue weighted by atomic mass is 19.4. The molecule has 1 aliphatic rings. The van der Waals surface area contributed by atoms with Crippen LogP contribution in [0.5, 0.6) is 0 Å². The summed E-state index contributed by atoms with van der Waals surface area (Å²) in [6, 6.07) is 11.7. The van der Waals surface area contributed by atoms with Crippen molar-refractivity contribution in [3.63, 3.8) is 0 Å². The second-order valence-corrected chi connectivity index (χ2v) is 11.4. The Bertz CT molecular complexity index is 986. The maximum Gasteiger partial charge on any atom is 0.416 e. The molecule has 36 heavy (non-hydrogen) atoms. The Kier molecular flexibility index (Phi) is 9.79. The van der Waals surface area contributed by atoms with Crippen LogP contribution in [0.3, 0.4) is 0 Å². The van der Waals surface area contributed by atoms with Crippen molar-refractivity contribution in [2.24, 2.45) is 11.8 Å². The normalized spacial score (nSPS) is 16.6. The average molecular weight is 502 g/mol. The van der Waals surface area contributed by atoms with Gasteiger partial charge >= 0.3 is 6.18 Å². The molecule has 1 saturated heterocycles. The van der Waals surface area contributed by atoms with E-state index in [4.69, 9.17) is 0 Å². The van der Waals surface area contributed by atoms with Crippen molar-refractivity contribution in [2.45, 2.75) is 84.7 Å². The van der Waals surface area contributed by atoms with Crippen LogP contribution in [0.2, 0.25) is 0 Å². The number of ketones is 1. The van der Waals surface area contributed by atoms with Crippen molar-refractivity contribution >= 4 is 5.78 Å². The van der Waals surface area contributed by atoms with Crippen LogP contribution in [0.25, 0.3) is 11.1 Å². The van der Waals surface area contributed by atoms with E-state index in [1.165, 1.54) is 18.4 Å². The lowest BCUT2D eigenvalue weighted by Crippen LogP contribution is -2.33. The molecule has 0 saturated carbocycles. The van der Waals surface area contributed by atoms with Crippen LogP contribution in [0.1, 0.15) is 95.2 Å². The molecule has 1 unspecified atom stereocenters. The summed E-state index contributed by atoms with van der Waals surface area (Å²) in [4.78, 5) is 15.2. The molecule has 1 atom stereocenters. The highest BCUT2D eigenvalue weighted by molar-refractivity contribution is 5.84. The Labute approximate surface area is 215 Å². The summed E-state index contributed by atoms with van der Waals surface area (Å²) in [5, 5.41) is 0. The Morgan fingerprint density at radius 1 is 0.944 bits per heavy atom. The smallest absolute Gasteiger partial charge is 0.303 e. The minimum absolute atomic E-state index is 0.138. The van der Waals surface area contributed by atoms with Crippen molar-refractivity contribution in [1.29, 1.82) is 0 Å². The lowest BCUT2D eigenvalue weighted by Gasteiger charge is -2.33. The SMILES string of the molecule is CC(=O)C(CC(C)C)c1cc(-c2ccc(C(F)(F)F)cc2)cc(C2CCN(CCCC(C)C)CC2)c1. The molecule has 2 aromatic carbocycles. The van der Waals surface area contributed by atoms with Gasteiger partial charge < -0.3 is 4.90 Å². The van der Waals surface area contributed by atoms with E-state index in [9.17, 15) is 18.0 Å². The predicted molar refractivity (Wildman–Crippen MR) is 142 cm³/mol. The first-order chi connectivity index (χ1) is 16.9. The summed E-state index contributed by atoms with van der Waals surface area (Å²) in [5.74, 6) is 1.43. The molecule has 0 radical (unpaired) electrons. The third-order valence-corrected chi connectivity index (χ3v) is 7.44. The summed E-state index contributed by atoms with van der Waals surface area (Å²) < 4.78 is 39.3. The molecule has 0 aromatic heterocycles. The summed E-state index contributed by atoms with van der Waals surface area (Å²) >= 11 is 0. The van der Waals surface area contributed by atoms with E-state index in [1.54, 1.807) is 19.1 Å². The number of rotatable bonds is 10. The Morgan fingerprint density at radius 2 is 1.58 bits per heavy atom. The number of nitrogens with zero attached hydrogens (tertiary/aromatic N) is 1. The number of benzene rings is 2. The number of Topliss-reactive ketones (excluding diaryl/α,β-unsaturated/α-hetero) is 1. The van der Waals surface area contributed by atoms with Crippen molar-refractivity contribution < 1.29 is 18.0 Å². The maximum absolute atomic E-state index is 13.1. The number of hydrogen-bond donors (Lipinski definition) is 0. The Balaban J connectivity index is 1.89. The van der Waals surface area contributed by atoms with Crippen LogP contribution in [0, 0.1) is 11.8 Å². The zero-order valence-corrected chi connectivity index (χ0v) is 22.5. The number of carbonyl (C=O) groups excluding carboxylic acids is 1. The van der Waals surface area contributed by atoms with Crippen LogP contribution in [0.15, 0.2) is 42.5 Å². The number of carbonyl (C=O) groups is 1. The summed E-state index contributed by atoms with van der Waals surface area (Å²) in [7, 11) is 0. The van der Waals surface area contributed by atoms with Gasteiger partial charge in [0.1, 0.15) is 5.78 Å². The van der Waals surface area contributed by atoms with Gasteiger partial charge in [0.15, 0.2) is 0 Å². The van der Waals surface area contributed by atoms with E-state index in [1.807, 2.05) is 6.07 Å². The van der Waals surface area contributed by atoms with Gasteiger partial charge in [-0.3, -0.25) is 4.79 Å². The predicted octanol–water partition coefficient (Wildman–Crippen LogP) is 8.71. The monoisotopic (exact) mass is 501 g/mol. The molecule has 2 aromatic rings. The van der Waals surface area contributed by atoms with Crippen LogP contribution >= 0.6 is 0 Å². The molecule has 2 nitrogen and oxygen atoms in total. The fraction of sp³-hybridized carbons (Fsp3) is 0.581. The standard InChI is InChI=1S/C31H42F3NO/c1-21(2)7-6-14-35-15-12-25(13-16-35)27-18-26(24-8-10-29(11-9-24)31(32,33)34)19-28(20-27)30(23(5)36)17-22(3)4/h8-11,18-22,25,30H,6-7,12-17H2,1-5H3. The second kappa shape index (κ2) is 12.4. The summed E-state index contributed by atoms with van der Waals surface area (Å²) in [6.07, 6.45) is 1.01. The number of piperidine rings is 1. The van der Waals surface area contributed by atoms with E-state index in [0.717, 1.165) is 73.6 Å². The van der Waals surface area contributed by atoms with Gasteiger partial charge in [-0.05, 0) is 111 Å². The molecular formula is C31H42F3NO. The van der Waals surface area contributed by atoms with Crippen molar-refractivity contribution in [2.75, 3.05) is 19.6 Å². The summed E-state index contributed by atoms with van der Waals surface area (Å²) in [6.45, 7) is 13.7. The molecule has 5 heteroatoms. The van der Waals surface area contributed by atoms with Crippen molar-refractivity contribution in [3.05, 3.63) is 59.2 Å². The van der Waals surface area contributed by atoms with Crippen molar-refractivity contribution in [1.82, 2.24) is 4.90 Å². The van der Waals surface area contributed by atoms with Gasteiger partial charge in [-0.25, -0.2) is 0 Å². The number of likely N-dealkylation sites (tertiary alicyclic amines) is 1. The first-order valence-electron chi connectivity index (χ1n) is 13.5. The zero-order chi connectivity index (χ0) is 26.5. The molecule has 1 aliphatic heterocycles. The van der Waals surface area contributed by atoms with Crippen molar-refractivity contribution in [3.8, 4) is 11.1 Å². The fourth-order valence-corrected chi connectivity index (χ4v) is 5.35. The highest BCUT2D eigenvalue weighted by Crippen LogP contribution is 2.37. The van der Waals surface area contributed by atoms with Gasteiger partial charge in [-0.2, -0.15) is 13.2 Å². The van der Waals surface area contributed by atoms with E-state index in [-0.39, 0.29) is 11.7 Å². The first kappa shape index (κ1) is 28.4. The largest absolute Gasteiger partial charge is 0.416 e. The van der Waals surface area contributed by atoms with Gasteiger partial charge in [-0.1, -0.05) is 58.0 Å². The van der Waals surface area contributed by atoms with E-state index in [2.05, 4.69) is 44.7 Å². The fourth-order valence-electron chi connectivity index (χ4n) is 5.35. The van der Waals surface area contributed by atoms with Gasteiger partial charge in [0.2, 0.25) is 0 Å². The van der Waals surface area contributed by atoms with Gasteiger partial charge in [0.05, 0.1) is 5.56 Å². The summed E-state index contributed by atoms with van der Waals surface area (Å²) in [5.41, 5.74) is 3.20. The Hall–Kier alpha value is -2.14. The third-order valence-electron chi connectivity index (χ3n) is 7.44. The molecule has 0 bridgehead atoms. The van der Waals surface area contributed by atoms with E-state index < -0.39 is 11.7 Å². The quantitative estimate of drug-likeness (QED) is 0.324. The molecule has 1 heterocycles. The van der Waals surface area contributed by atoms with E-state index in [0.29, 0.717) is 11.8 Å². The molecular weight excluding hydrogens is 459 g/mol. The molecule has 0 N–H and O–H groups in total. The van der Waals surface area contributed by atoms with Gasteiger partial charge in [0.25, 0.3) is 0 Å². The number of halogens is 3. The lowest BCUT2D eigenvalue weighted by molar-refractivity contribution is -0.137. The number of alkyl halides is 3. The second-order valence-electron chi connectivity index (χ2n) is 11.4. The molecule has 198 valence electrons. The van der Waals surface area contributed by atoms with Gasteiger partial charge in [-0.15, -0.1) is 0 Å². The van der Waals surface area contributed by atoms with Gasteiger partial charge in [0, 0.05) is 5.92 Å². The molecule has 3 rings (SSSR count). The molecule has 0 aliphatic carbocycles. The average Bonchev–Trinajstić information content (AvgIpc) is 2.82. The maximum atomic E-state index is 13.1. The lowest BCUT2D eigenvalue weighted by atomic mass is 9.81. The minimum Gasteiger partial charge on any atom is -0.303 e. The first-order valence-corrected chi connectivity index (χ1v) is 13.5. The van der Waals surface area contributed by atoms with Crippen LogP contribution < -0.4 is 0 Å². The Morgan fingerprint density at radius 3 is 2.11 bits per heavy atom. The minimum atomic E-state index is -4.36. The van der Waals surface area contributed by atoms with Crippen LogP contribution in [-0.4, -0.2) is 30.3 Å². The van der Waals surface area contributed by atoms with Crippen LogP contribution in [-0.2, 0) is 11.0 Å². The van der Waals surface area contributed by atoms with E-state index >= 15 is 0 Å². The molecule has 0 amide bonds. The number of hydrogen-bond acceptors (Lipinski definition) is 2. The zero-order valence-electron chi connectivity index (χ0n) is 22.5.